The molecule has 29 heavy (non-hydrogen) atoms. The SMILES string of the molecule is Cn1c(SCC(=O)NC[C@@H]2COc3ccccc3O2)nnc1-c1ccc(F)cc1. The van der Waals surface area contributed by atoms with Crippen molar-refractivity contribution >= 4 is 17.7 Å². The van der Waals surface area contributed by atoms with E-state index in [9.17, 15) is 9.18 Å². The molecule has 2 heterocycles. The summed E-state index contributed by atoms with van der Waals surface area (Å²) in [6.45, 7) is 0.738. The second kappa shape index (κ2) is 8.52. The number of para-hydroxylation sites is 2. The lowest BCUT2D eigenvalue weighted by atomic mass is 10.2. The molecule has 0 spiro atoms. The molecule has 1 amide bonds. The van der Waals surface area contributed by atoms with E-state index >= 15 is 0 Å². The predicted octanol–water partition coefficient (Wildman–Crippen LogP) is 2.67. The van der Waals surface area contributed by atoms with Gasteiger partial charge in [-0.3, -0.25) is 4.79 Å². The third-order valence-electron chi connectivity index (χ3n) is 4.36. The lowest BCUT2D eigenvalue weighted by molar-refractivity contribution is -0.119. The van der Waals surface area contributed by atoms with E-state index in [4.69, 9.17) is 9.47 Å². The highest BCUT2D eigenvalue weighted by Crippen LogP contribution is 2.30. The standard InChI is InChI=1S/C20H19FN4O3S/c1-25-19(13-6-8-14(21)9-7-13)23-24-20(25)29-12-18(26)22-10-15-11-27-16-4-2-3-5-17(16)28-15/h2-9,15H,10-12H2,1H3,(H,22,26)/t15-/m1/s1. The molecule has 0 bridgehead atoms. The first-order chi connectivity index (χ1) is 14.1. The van der Waals surface area contributed by atoms with Crippen LogP contribution in [-0.4, -0.2) is 45.7 Å². The lowest BCUT2D eigenvalue weighted by Gasteiger charge is -2.26. The first-order valence-corrected chi connectivity index (χ1v) is 10.0. The first-order valence-electron chi connectivity index (χ1n) is 9.03. The van der Waals surface area contributed by atoms with Gasteiger partial charge in [0.25, 0.3) is 0 Å². The van der Waals surface area contributed by atoms with Crippen molar-refractivity contribution in [2.75, 3.05) is 18.9 Å². The molecule has 0 radical (unpaired) electrons. The normalized spacial score (nSPS) is 15.2. The predicted molar refractivity (Wildman–Crippen MR) is 106 cm³/mol. The Kier molecular flexibility index (Phi) is 5.66. The van der Waals surface area contributed by atoms with Crippen LogP contribution in [0.4, 0.5) is 4.39 Å². The van der Waals surface area contributed by atoms with Crippen LogP contribution in [0.5, 0.6) is 11.5 Å². The van der Waals surface area contributed by atoms with E-state index in [-0.39, 0.29) is 23.6 Å². The molecular weight excluding hydrogens is 395 g/mol. The number of amides is 1. The third-order valence-corrected chi connectivity index (χ3v) is 5.38. The highest BCUT2D eigenvalue weighted by molar-refractivity contribution is 7.99. The van der Waals surface area contributed by atoms with E-state index in [2.05, 4.69) is 15.5 Å². The maximum atomic E-state index is 13.1. The van der Waals surface area contributed by atoms with Gasteiger partial charge in [0.1, 0.15) is 18.5 Å². The van der Waals surface area contributed by atoms with Crippen LogP contribution < -0.4 is 14.8 Å². The highest BCUT2D eigenvalue weighted by Gasteiger charge is 2.21. The lowest BCUT2D eigenvalue weighted by Crippen LogP contribution is -2.41. The van der Waals surface area contributed by atoms with Gasteiger partial charge in [-0.2, -0.15) is 0 Å². The van der Waals surface area contributed by atoms with Gasteiger partial charge in [-0.25, -0.2) is 4.39 Å². The minimum atomic E-state index is -0.307. The zero-order valence-electron chi connectivity index (χ0n) is 15.7. The first kappa shape index (κ1) is 19.3. The molecule has 1 N–H and O–H groups in total. The molecule has 0 saturated heterocycles. The van der Waals surface area contributed by atoms with Crippen LogP contribution in [0.1, 0.15) is 0 Å². The fraction of sp³-hybridized carbons (Fsp3) is 0.250. The van der Waals surface area contributed by atoms with Crippen molar-refractivity contribution < 1.29 is 18.7 Å². The summed E-state index contributed by atoms with van der Waals surface area (Å²) in [5.74, 6) is 1.75. The summed E-state index contributed by atoms with van der Waals surface area (Å²) in [5.41, 5.74) is 0.757. The molecule has 1 aliphatic rings. The molecule has 0 aliphatic carbocycles. The number of aromatic nitrogens is 3. The molecule has 2 aromatic carbocycles. The Bertz CT molecular complexity index is 1010. The second-order valence-corrected chi connectivity index (χ2v) is 7.40. The fourth-order valence-electron chi connectivity index (χ4n) is 2.86. The smallest absolute Gasteiger partial charge is 0.230 e. The van der Waals surface area contributed by atoms with Crippen LogP contribution in [-0.2, 0) is 11.8 Å². The van der Waals surface area contributed by atoms with Crippen LogP contribution in [0.3, 0.4) is 0 Å². The third kappa shape index (κ3) is 4.51. The maximum Gasteiger partial charge on any atom is 0.230 e. The molecular formula is C20H19FN4O3S. The van der Waals surface area contributed by atoms with E-state index in [1.54, 1.807) is 16.7 Å². The number of hydrogen-bond donors (Lipinski definition) is 1. The average Bonchev–Trinajstić information content (AvgIpc) is 3.11. The van der Waals surface area contributed by atoms with Crippen molar-refractivity contribution in [3.63, 3.8) is 0 Å². The van der Waals surface area contributed by atoms with E-state index < -0.39 is 0 Å². The van der Waals surface area contributed by atoms with Gasteiger partial charge in [0, 0.05) is 12.6 Å². The Hall–Kier alpha value is -3.07. The zero-order valence-corrected chi connectivity index (χ0v) is 16.5. The van der Waals surface area contributed by atoms with Gasteiger partial charge >= 0.3 is 0 Å². The van der Waals surface area contributed by atoms with Crippen LogP contribution in [0.15, 0.2) is 53.7 Å². The van der Waals surface area contributed by atoms with Crippen LogP contribution in [0, 0.1) is 5.82 Å². The summed E-state index contributed by atoms with van der Waals surface area (Å²) in [5, 5.41) is 11.7. The molecule has 0 unspecified atom stereocenters. The summed E-state index contributed by atoms with van der Waals surface area (Å²) in [7, 11) is 1.81. The van der Waals surface area contributed by atoms with Crippen molar-refractivity contribution in [1.29, 1.82) is 0 Å². The monoisotopic (exact) mass is 414 g/mol. The fourth-order valence-corrected chi connectivity index (χ4v) is 3.60. The van der Waals surface area contributed by atoms with Gasteiger partial charge in [0.2, 0.25) is 5.91 Å². The van der Waals surface area contributed by atoms with E-state index in [0.29, 0.717) is 35.6 Å². The Labute approximate surface area is 171 Å². The van der Waals surface area contributed by atoms with Gasteiger partial charge in [0.15, 0.2) is 22.5 Å². The average molecular weight is 414 g/mol. The largest absolute Gasteiger partial charge is 0.486 e. The molecule has 1 aromatic heterocycles. The number of rotatable bonds is 6. The number of halogens is 1. The van der Waals surface area contributed by atoms with Crippen molar-refractivity contribution in [2.45, 2.75) is 11.3 Å². The molecule has 0 fully saturated rings. The molecule has 3 aromatic rings. The molecule has 9 heteroatoms. The number of benzene rings is 2. The quantitative estimate of drug-likeness (QED) is 0.625. The van der Waals surface area contributed by atoms with Crippen molar-refractivity contribution in [3.8, 4) is 22.9 Å². The summed E-state index contributed by atoms with van der Waals surface area (Å²) < 4.78 is 26.3. The molecule has 1 atom stereocenters. The topological polar surface area (TPSA) is 78.3 Å². The number of thioether (sulfide) groups is 1. The Morgan fingerprint density at radius 3 is 2.76 bits per heavy atom. The van der Waals surface area contributed by atoms with Crippen LogP contribution in [0.2, 0.25) is 0 Å². The molecule has 150 valence electrons. The van der Waals surface area contributed by atoms with Gasteiger partial charge in [0.05, 0.1) is 12.3 Å². The van der Waals surface area contributed by atoms with Crippen molar-refractivity contribution in [2.24, 2.45) is 7.05 Å². The number of carbonyl (C=O) groups is 1. The Morgan fingerprint density at radius 1 is 1.21 bits per heavy atom. The number of nitrogens with one attached hydrogen (secondary N) is 1. The summed E-state index contributed by atoms with van der Waals surface area (Å²) in [4.78, 5) is 12.2. The van der Waals surface area contributed by atoms with Crippen molar-refractivity contribution in [3.05, 3.63) is 54.3 Å². The number of fused-ring (bicyclic) bond motifs is 1. The number of ether oxygens (including phenoxy) is 2. The van der Waals surface area contributed by atoms with Crippen LogP contribution in [0.25, 0.3) is 11.4 Å². The minimum absolute atomic E-state index is 0.135. The summed E-state index contributed by atoms with van der Waals surface area (Å²) >= 11 is 1.28. The van der Waals surface area contributed by atoms with E-state index in [0.717, 1.165) is 5.56 Å². The van der Waals surface area contributed by atoms with E-state index in [1.165, 1.54) is 23.9 Å². The Balaban J connectivity index is 1.28. The molecule has 1 aliphatic heterocycles. The second-order valence-electron chi connectivity index (χ2n) is 6.46. The molecule has 4 rings (SSSR count). The van der Waals surface area contributed by atoms with E-state index in [1.807, 2.05) is 31.3 Å². The van der Waals surface area contributed by atoms with Crippen molar-refractivity contribution in [1.82, 2.24) is 20.1 Å². The van der Waals surface area contributed by atoms with Gasteiger partial charge in [-0.15, -0.1) is 10.2 Å². The highest BCUT2D eigenvalue weighted by atomic mass is 32.2. The number of nitrogens with zero attached hydrogens (tertiary/aromatic N) is 3. The zero-order chi connectivity index (χ0) is 20.2. The number of hydrogen-bond acceptors (Lipinski definition) is 6. The van der Waals surface area contributed by atoms with Gasteiger partial charge in [-0.05, 0) is 36.4 Å². The summed E-state index contributed by atoms with van der Waals surface area (Å²) in [6.07, 6.45) is -0.237. The van der Waals surface area contributed by atoms with Gasteiger partial charge in [-0.1, -0.05) is 23.9 Å². The van der Waals surface area contributed by atoms with Gasteiger partial charge < -0.3 is 19.4 Å². The Morgan fingerprint density at radius 2 is 1.97 bits per heavy atom. The molecule has 7 nitrogen and oxygen atoms in total. The number of carbonyl (C=O) groups excluding carboxylic acids is 1. The maximum absolute atomic E-state index is 13.1. The van der Waals surface area contributed by atoms with Crippen LogP contribution >= 0.6 is 11.8 Å². The molecule has 0 saturated carbocycles. The summed E-state index contributed by atoms with van der Waals surface area (Å²) in [6, 6.07) is 13.5. The minimum Gasteiger partial charge on any atom is -0.486 e.